The number of carbonyl (C=O) groups is 1. The first-order valence-corrected chi connectivity index (χ1v) is 8.98. The van der Waals surface area contributed by atoms with Gasteiger partial charge in [-0.1, -0.05) is 11.2 Å². The summed E-state index contributed by atoms with van der Waals surface area (Å²) in [5.74, 6) is -2.01. The van der Waals surface area contributed by atoms with Gasteiger partial charge >= 0.3 is 12.1 Å². The Morgan fingerprint density at radius 1 is 1.27 bits per heavy atom. The van der Waals surface area contributed by atoms with Crippen molar-refractivity contribution in [2.75, 3.05) is 11.3 Å². The number of aromatic nitrogens is 1. The van der Waals surface area contributed by atoms with Gasteiger partial charge in [0.05, 0.1) is 10.6 Å². The van der Waals surface area contributed by atoms with Crippen LogP contribution < -0.4 is 4.72 Å². The van der Waals surface area contributed by atoms with Gasteiger partial charge in [-0.2, -0.15) is 13.2 Å². The van der Waals surface area contributed by atoms with Crippen molar-refractivity contribution in [1.29, 1.82) is 0 Å². The first-order valence-electron chi connectivity index (χ1n) is 7.50. The minimum atomic E-state index is -4.97. The van der Waals surface area contributed by atoms with Crippen molar-refractivity contribution in [3.8, 4) is 0 Å². The van der Waals surface area contributed by atoms with E-state index >= 15 is 0 Å². The number of hydrogen-bond donors (Lipinski definition) is 1. The number of nitrogens with zero attached hydrogens (tertiary/aromatic N) is 2. The Morgan fingerprint density at radius 3 is 2.62 bits per heavy atom. The van der Waals surface area contributed by atoms with Crippen LogP contribution in [0.25, 0.3) is 0 Å². The van der Waals surface area contributed by atoms with Crippen LogP contribution in [0.1, 0.15) is 16.8 Å². The molecule has 11 heteroatoms. The van der Waals surface area contributed by atoms with E-state index in [2.05, 4.69) is 9.88 Å². The van der Waals surface area contributed by atoms with E-state index in [-0.39, 0.29) is 30.3 Å². The molecule has 140 valence electrons. The summed E-state index contributed by atoms with van der Waals surface area (Å²) < 4.78 is 69.7. The maximum atomic E-state index is 12.6. The van der Waals surface area contributed by atoms with Gasteiger partial charge in [-0.05, 0) is 36.6 Å². The van der Waals surface area contributed by atoms with Gasteiger partial charge in [0.25, 0.3) is 10.0 Å². The fourth-order valence-electron chi connectivity index (χ4n) is 2.66. The van der Waals surface area contributed by atoms with Crippen LogP contribution in [0.4, 0.5) is 19.1 Å². The number of hydrogen-bond acceptors (Lipinski definition) is 5. The van der Waals surface area contributed by atoms with Gasteiger partial charge in [0.2, 0.25) is 5.88 Å². The van der Waals surface area contributed by atoms with Gasteiger partial charge in [-0.3, -0.25) is 4.79 Å². The van der Waals surface area contributed by atoms with Gasteiger partial charge in [-0.25, -0.2) is 13.1 Å². The highest BCUT2D eigenvalue weighted by molar-refractivity contribution is 7.92. The summed E-state index contributed by atoms with van der Waals surface area (Å²) in [4.78, 5) is 11.9. The van der Waals surface area contributed by atoms with E-state index < -0.39 is 22.1 Å². The molecule has 3 rings (SSSR count). The van der Waals surface area contributed by atoms with E-state index in [4.69, 9.17) is 4.52 Å². The highest BCUT2D eigenvalue weighted by Gasteiger charge is 2.43. The van der Waals surface area contributed by atoms with Crippen LogP contribution in [-0.4, -0.2) is 37.1 Å². The quantitative estimate of drug-likeness (QED) is 0.869. The number of fused-ring (bicyclic) bond motifs is 1. The molecule has 0 saturated heterocycles. The van der Waals surface area contributed by atoms with Gasteiger partial charge < -0.3 is 9.42 Å². The molecule has 1 aromatic carbocycles. The fourth-order valence-corrected chi connectivity index (χ4v) is 3.68. The Labute approximate surface area is 146 Å². The second-order valence-electron chi connectivity index (χ2n) is 5.84. The Kier molecular flexibility index (Phi) is 4.42. The van der Waals surface area contributed by atoms with Crippen molar-refractivity contribution in [1.82, 2.24) is 10.1 Å². The number of benzene rings is 1. The van der Waals surface area contributed by atoms with E-state index in [0.717, 1.165) is 0 Å². The highest BCUT2D eigenvalue weighted by Crippen LogP contribution is 2.27. The van der Waals surface area contributed by atoms with Crippen molar-refractivity contribution in [2.45, 2.75) is 31.0 Å². The van der Waals surface area contributed by atoms with Crippen molar-refractivity contribution < 1.29 is 30.9 Å². The molecule has 1 amide bonds. The summed E-state index contributed by atoms with van der Waals surface area (Å²) in [6.07, 6.45) is -4.75. The number of anilines is 1. The normalized spacial score (nSPS) is 14.8. The molecular weight excluding hydrogens is 375 g/mol. The number of nitrogens with one attached hydrogen (secondary N) is 1. The summed E-state index contributed by atoms with van der Waals surface area (Å²) in [7, 11) is -4.01. The molecule has 7 nitrogen and oxygen atoms in total. The summed E-state index contributed by atoms with van der Waals surface area (Å²) >= 11 is 0. The van der Waals surface area contributed by atoms with E-state index in [1.807, 2.05) is 0 Å². The fraction of sp³-hybridized carbons (Fsp3) is 0.333. The first-order chi connectivity index (χ1) is 12.1. The monoisotopic (exact) mass is 389 g/mol. The van der Waals surface area contributed by atoms with Crippen LogP contribution in [0.3, 0.4) is 0 Å². The van der Waals surface area contributed by atoms with Crippen molar-refractivity contribution in [3.63, 3.8) is 0 Å². The van der Waals surface area contributed by atoms with Gasteiger partial charge in [0.1, 0.15) is 0 Å². The van der Waals surface area contributed by atoms with Gasteiger partial charge in [-0.15, -0.1) is 0 Å². The van der Waals surface area contributed by atoms with Crippen molar-refractivity contribution in [2.24, 2.45) is 0 Å². The molecule has 0 spiro atoms. The van der Waals surface area contributed by atoms with E-state index in [9.17, 15) is 26.4 Å². The van der Waals surface area contributed by atoms with E-state index in [1.54, 1.807) is 6.92 Å². The molecule has 0 atom stereocenters. The summed E-state index contributed by atoms with van der Waals surface area (Å²) in [5.41, 5.74) is 1.53. The molecule has 2 aromatic rings. The predicted octanol–water partition coefficient (Wildman–Crippen LogP) is 2.23. The van der Waals surface area contributed by atoms with Crippen LogP contribution >= 0.6 is 0 Å². The smallest absolute Gasteiger partial charge is 0.338 e. The minimum Gasteiger partial charge on any atom is -0.338 e. The van der Waals surface area contributed by atoms with E-state index in [1.165, 1.54) is 24.3 Å². The molecule has 0 fully saturated rings. The maximum Gasteiger partial charge on any atom is 0.471 e. The summed E-state index contributed by atoms with van der Waals surface area (Å²) in [6.45, 7) is 1.23. The Hall–Kier alpha value is -2.56. The average molecular weight is 389 g/mol. The van der Waals surface area contributed by atoms with Crippen LogP contribution in [0, 0.1) is 6.92 Å². The molecule has 1 N–H and O–H groups in total. The zero-order valence-corrected chi connectivity index (χ0v) is 14.3. The number of alkyl halides is 3. The Morgan fingerprint density at radius 2 is 2.00 bits per heavy atom. The first kappa shape index (κ1) is 18.2. The largest absolute Gasteiger partial charge is 0.471 e. The number of amides is 1. The molecule has 0 radical (unpaired) electrons. The number of sulfonamides is 1. The van der Waals surface area contributed by atoms with Gasteiger partial charge in [0.15, 0.2) is 0 Å². The summed E-state index contributed by atoms with van der Waals surface area (Å²) in [5, 5.41) is 3.56. The standard InChI is InChI=1S/C15H14F3N3O4S/c1-9-6-13(25-19-9)20-26(23,24)12-3-2-10-4-5-21(8-11(10)7-12)14(22)15(16,17)18/h2-3,6-7,20H,4-5,8H2,1H3. The lowest BCUT2D eigenvalue weighted by atomic mass is 10.00. The number of rotatable bonds is 3. The SMILES string of the molecule is Cc1cc(NS(=O)(=O)c2ccc3c(c2)CN(C(=O)C(F)(F)F)CC3)on1. The van der Waals surface area contributed by atoms with Crippen LogP contribution in [0.5, 0.6) is 0 Å². The van der Waals surface area contributed by atoms with Crippen LogP contribution in [0.15, 0.2) is 33.7 Å². The molecule has 1 aliphatic rings. The maximum absolute atomic E-state index is 12.6. The third kappa shape index (κ3) is 3.66. The second kappa shape index (κ2) is 6.31. The lowest BCUT2D eigenvalue weighted by Crippen LogP contribution is -2.43. The lowest BCUT2D eigenvalue weighted by molar-refractivity contribution is -0.186. The van der Waals surface area contributed by atoms with Gasteiger partial charge in [0, 0.05) is 19.2 Å². The second-order valence-corrected chi connectivity index (χ2v) is 7.53. The predicted molar refractivity (Wildman–Crippen MR) is 83.7 cm³/mol. The topological polar surface area (TPSA) is 92.5 Å². The molecule has 2 heterocycles. The molecule has 0 bridgehead atoms. The number of halogens is 3. The molecule has 0 saturated carbocycles. The van der Waals surface area contributed by atoms with Crippen LogP contribution in [-0.2, 0) is 27.8 Å². The molecule has 26 heavy (non-hydrogen) atoms. The minimum absolute atomic E-state index is 0.0749. The molecule has 0 aliphatic carbocycles. The third-order valence-corrected chi connectivity index (χ3v) is 5.24. The molecular formula is C15H14F3N3O4S. The molecule has 1 aromatic heterocycles. The zero-order chi connectivity index (χ0) is 19.1. The van der Waals surface area contributed by atoms with Crippen LogP contribution in [0.2, 0.25) is 0 Å². The highest BCUT2D eigenvalue weighted by atomic mass is 32.2. The summed E-state index contributed by atoms with van der Waals surface area (Å²) in [6, 6.07) is 5.53. The molecule has 1 aliphatic heterocycles. The number of aryl methyl sites for hydroxylation is 1. The number of carbonyl (C=O) groups excluding carboxylic acids is 1. The Balaban J connectivity index is 1.85. The third-order valence-electron chi connectivity index (χ3n) is 3.89. The van der Waals surface area contributed by atoms with Crippen molar-refractivity contribution in [3.05, 3.63) is 41.1 Å². The van der Waals surface area contributed by atoms with Crippen molar-refractivity contribution >= 4 is 21.8 Å². The average Bonchev–Trinajstić information content (AvgIpc) is 2.96. The Bertz CT molecular complexity index is 953. The lowest BCUT2D eigenvalue weighted by Gasteiger charge is -2.29. The molecule has 0 unspecified atom stereocenters. The zero-order valence-electron chi connectivity index (χ0n) is 13.5. The van der Waals surface area contributed by atoms with E-state index in [0.29, 0.717) is 21.7 Å².